The molecule has 2 N–H and O–H groups in total. The first-order valence-electron chi connectivity index (χ1n) is 7.92. The largest absolute Gasteiger partial charge is 0.344 e. The number of aromatic amines is 1. The van der Waals surface area contributed by atoms with E-state index in [0.29, 0.717) is 5.82 Å². The van der Waals surface area contributed by atoms with Crippen LogP contribution in [-0.2, 0) is 0 Å². The smallest absolute Gasteiger partial charge is 0.270 e. The standard InChI is InChI=1S/C19H18N4O2/c1-12(21-19(25)17-10-18(24)23-13(2)22-17)14-5-7-15(8-6-14)16-4-3-9-20-11-16/h3-12H,1-2H3,(H,21,25)(H,22,23,24). The molecule has 1 aromatic carbocycles. The van der Waals surface area contributed by atoms with Gasteiger partial charge in [-0.05, 0) is 36.6 Å². The van der Waals surface area contributed by atoms with Crippen molar-refractivity contribution in [2.24, 2.45) is 0 Å². The third-order valence-electron chi connectivity index (χ3n) is 3.85. The molecule has 0 saturated heterocycles. The van der Waals surface area contributed by atoms with E-state index in [1.165, 1.54) is 6.07 Å². The van der Waals surface area contributed by atoms with Gasteiger partial charge in [0, 0.05) is 18.5 Å². The molecule has 6 heteroatoms. The monoisotopic (exact) mass is 334 g/mol. The Kier molecular flexibility index (Phi) is 4.70. The SMILES string of the molecule is Cc1nc(C(=O)NC(C)c2ccc(-c3cccnc3)cc2)cc(=O)[nH]1. The van der Waals surface area contributed by atoms with E-state index in [0.717, 1.165) is 16.7 Å². The highest BCUT2D eigenvalue weighted by molar-refractivity contribution is 5.92. The van der Waals surface area contributed by atoms with Crippen molar-refractivity contribution >= 4 is 5.91 Å². The summed E-state index contributed by atoms with van der Waals surface area (Å²) in [7, 11) is 0. The Morgan fingerprint density at radius 2 is 1.92 bits per heavy atom. The Hall–Kier alpha value is -3.28. The van der Waals surface area contributed by atoms with Crippen LogP contribution < -0.4 is 10.9 Å². The number of pyridine rings is 1. The van der Waals surface area contributed by atoms with Gasteiger partial charge in [0.2, 0.25) is 0 Å². The minimum Gasteiger partial charge on any atom is -0.344 e. The van der Waals surface area contributed by atoms with Gasteiger partial charge in [0.15, 0.2) is 0 Å². The number of carbonyl (C=O) groups excluding carboxylic acids is 1. The molecule has 0 aliphatic carbocycles. The molecule has 0 radical (unpaired) electrons. The summed E-state index contributed by atoms with van der Waals surface area (Å²) in [4.78, 5) is 34.4. The Morgan fingerprint density at radius 1 is 1.16 bits per heavy atom. The van der Waals surface area contributed by atoms with Gasteiger partial charge in [0.1, 0.15) is 11.5 Å². The molecule has 1 unspecified atom stereocenters. The van der Waals surface area contributed by atoms with Crippen LogP contribution in [0, 0.1) is 6.92 Å². The molecular weight excluding hydrogens is 316 g/mol. The number of nitrogens with one attached hydrogen (secondary N) is 2. The second-order valence-electron chi connectivity index (χ2n) is 5.77. The molecule has 0 fully saturated rings. The van der Waals surface area contributed by atoms with Gasteiger partial charge >= 0.3 is 0 Å². The maximum Gasteiger partial charge on any atom is 0.270 e. The fourth-order valence-corrected chi connectivity index (χ4v) is 2.55. The molecular formula is C19H18N4O2. The van der Waals surface area contributed by atoms with E-state index in [-0.39, 0.29) is 23.2 Å². The molecule has 0 saturated carbocycles. The molecule has 1 atom stereocenters. The number of amides is 1. The van der Waals surface area contributed by atoms with Crippen molar-refractivity contribution in [3.8, 4) is 11.1 Å². The van der Waals surface area contributed by atoms with Crippen LogP contribution >= 0.6 is 0 Å². The lowest BCUT2D eigenvalue weighted by Crippen LogP contribution is -2.29. The summed E-state index contributed by atoms with van der Waals surface area (Å²) in [5, 5.41) is 2.86. The van der Waals surface area contributed by atoms with Crippen molar-refractivity contribution < 1.29 is 4.79 Å². The fourth-order valence-electron chi connectivity index (χ4n) is 2.55. The van der Waals surface area contributed by atoms with Crippen LogP contribution in [0.25, 0.3) is 11.1 Å². The zero-order chi connectivity index (χ0) is 17.8. The molecule has 25 heavy (non-hydrogen) atoms. The second-order valence-corrected chi connectivity index (χ2v) is 5.77. The van der Waals surface area contributed by atoms with Crippen LogP contribution in [0.2, 0.25) is 0 Å². The maximum absolute atomic E-state index is 12.3. The van der Waals surface area contributed by atoms with E-state index in [4.69, 9.17) is 0 Å². The van der Waals surface area contributed by atoms with Gasteiger partial charge in [-0.3, -0.25) is 14.6 Å². The molecule has 1 amide bonds. The topological polar surface area (TPSA) is 87.7 Å². The summed E-state index contributed by atoms with van der Waals surface area (Å²) in [5.74, 6) is 0.0316. The first kappa shape index (κ1) is 16.6. The molecule has 0 aliphatic rings. The van der Waals surface area contributed by atoms with E-state index in [1.54, 1.807) is 19.3 Å². The lowest BCUT2D eigenvalue weighted by molar-refractivity contribution is 0.0934. The van der Waals surface area contributed by atoms with Crippen LogP contribution in [0.1, 0.15) is 34.8 Å². The Labute approximate surface area is 145 Å². The van der Waals surface area contributed by atoms with Crippen molar-refractivity contribution in [1.29, 1.82) is 0 Å². The van der Waals surface area contributed by atoms with Crippen molar-refractivity contribution in [1.82, 2.24) is 20.3 Å². The minimum absolute atomic E-state index is 0.111. The number of aromatic nitrogens is 3. The summed E-state index contributed by atoms with van der Waals surface area (Å²) >= 11 is 0. The lowest BCUT2D eigenvalue weighted by atomic mass is 10.0. The number of hydrogen-bond acceptors (Lipinski definition) is 4. The molecule has 0 spiro atoms. The predicted molar refractivity (Wildman–Crippen MR) is 95.1 cm³/mol. The Balaban J connectivity index is 1.73. The average Bonchev–Trinajstić information content (AvgIpc) is 2.61. The van der Waals surface area contributed by atoms with Gasteiger partial charge < -0.3 is 10.3 Å². The summed E-state index contributed by atoms with van der Waals surface area (Å²) in [6.07, 6.45) is 3.54. The third kappa shape index (κ3) is 3.98. The van der Waals surface area contributed by atoms with E-state index in [9.17, 15) is 9.59 Å². The Bertz CT molecular complexity index is 934. The minimum atomic E-state index is -0.377. The summed E-state index contributed by atoms with van der Waals surface area (Å²) in [5.41, 5.74) is 2.82. The van der Waals surface area contributed by atoms with Crippen molar-refractivity contribution in [3.05, 3.63) is 82.3 Å². The van der Waals surface area contributed by atoms with Crippen LogP contribution in [0.3, 0.4) is 0 Å². The highest BCUT2D eigenvalue weighted by Crippen LogP contribution is 2.21. The third-order valence-corrected chi connectivity index (χ3v) is 3.85. The van der Waals surface area contributed by atoms with E-state index < -0.39 is 0 Å². The molecule has 3 rings (SSSR count). The molecule has 126 valence electrons. The molecule has 0 aliphatic heterocycles. The summed E-state index contributed by atoms with van der Waals surface area (Å²) < 4.78 is 0. The zero-order valence-electron chi connectivity index (χ0n) is 14.0. The van der Waals surface area contributed by atoms with Gasteiger partial charge in [-0.1, -0.05) is 30.3 Å². The molecule has 0 bridgehead atoms. The number of rotatable bonds is 4. The predicted octanol–water partition coefficient (Wildman–Crippen LogP) is 2.63. The number of benzene rings is 1. The quantitative estimate of drug-likeness (QED) is 0.768. The first-order valence-corrected chi connectivity index (χ1v) is 7.92. The molecule has 3 aromatic rings. The van der Waals surface area contributed by atoms with Crippen molar-refractivity contribution in [2.75, 3.05) is 0 Å². The lowest BCUT2D eigenvalue weighted by Gasteiger charge is -2.14. The van der Waals surface area contributed by atoms with E-state index in [2.05, 4.69) is 20.3 Å². The number of aryl methyl sites for hydroxylation is 1. The molecule has 2 heterocycles. The second kappa shape index (κ2) is 7.09. The highest BCUT2D eigenvalue weighted by atomic mass is 16.2. The van der Waals surface area contributed by atoms with E-state index >= 15 is 0 Å². The normalized spacial score (nSPS) is 11.8. The van der Waals surface area contributed by atoms with Crippen LogP contribution in [0.5, 0.6) is 0 Å². The number of carbonyl (C=O) groups is 1. The maximum atomic E-state index is 12.3. The summed E-state index contributed by atoms with van der Waals surface area (Å²) in [6, 6.07) is 12.8. The zero-order valence-corrected chi connectivity index (χ0v) is 14.0. The first-order chi connectivity index (χ1) is 12.0. The fraction of sp³-hybridized carbons (Fsp3) is 0.158. The van der Waals surface area contributed by atoms with Crippen molar-refractivity contribution in [2.45, 2.75) is 19.9 Å². The van der Waals surface area contributed by atoms with E-state index in [1.807, 2.05) is 43.3 Å². The number of H-pyrrole nitrogens is 1. The Morgan fingerprint density at radius 3 is 2.56 bits per heavy atom. The van der Waals surface area contributed by atoms with Crippen molar-refractivity contribution in [3.63, 3.8) is 0 Å². The molecule has 6 nitrogen and oxygen atoms in total. The number of hydrogen-bond donors (Lipinski definition) is 2. The number of nitrogens with zero attached hydrogens (tertiary/aromatic N) is 2. The highest BCUT2D eigenvalue weighted by Gasteiger charge is 2.14. The van der Waals surface area contributed by atoms with Gasteiger partial charge in [-0.15, -0.1) is 0 Å². The van der Waals surface area contributed by atoms with Crippen LogP contribution in [0.15, 0.2) is 59.7 Å². The molecule has 2 aromatic heterocycles. The van der Waals surface area contributed by atoms with Gasteiger partial charge in [-0.25, -0.2) is 4.98 Å². The van der Waals surface area contributed by atoms with Crippen LogP contribution in [-0.4, -0.2) is 20.9 Å². The average molecular weight is 334 g/mol. The van der Waals surface area contributed by atoms with Gasteiger partial charge in [-0.2, -0.15) is 0 Å². The summed E-state index contributed by atoms with van der Waals surface area (Å²) in [6.45, 7) is 3.52. The van der Waals surface area contributed by atoms with Gasteiger partial charge in [0.05, 0.1) is 6.04 Å². The van der Waals surface area contributed by atoms with Gasteiger partial charge in [0.25, 0.3) is 11.5 Å². The van der Waals surface area contributed by atoms with Crippen LogP contribution in [0.4, 0.5) is 0 Å².